The molecule has 2 heterocycles. The maximum atomic E-state index is 13.0. The number of hydrogen-bond acceptors (Lipinski definition) is 5. The van der Waals surface area contributed by atoms with E-state index in [1.165, 1.54) is 0 Å². The molecular weight excluding hydrogens is 416 g/mol. The zero-order valence-corrected chi connectivity index (χ0v) is 18.7. The molecule has 1 saturated heterocycles. The highest BCUT2D eigenvalue weighted by Gasteiger charge is 2.28. The molecule has 4 rings (SSSR count). The van der Waals surface area contributed by atoms with Gasteiger partial charge in [0.25, 0.3) is 0 Å². The average molecular weight is 445 g/mol. The smallest absolute Gasteiger partial charge is 0.248 e. The highest BCUT2D eigenvalue weighted by molar-refractivity contribution is 5.94. The van der Waals surface area contributed by atoms with Crippen LogP contribution in [0.1, 0.15) is 46.8 Å². The van der Waals surface area contributed by atoms with Crippen molar-refractivity contribution in [1.82, 2.24) is 14.9 Å². The second kappa shape index (κ2) is 10.3. The Labute approximate surface area is 193 Å². The van der Waals surface area contributed by atoms with E-state index in [0.29, 0.717) is 24.9 Å². The maximum Gasteiger partial charge on any atom is 0.248 e. The van der Waals surface area contributed by atoms with Crippen molar-refractivity contribution in [2.24, 2.45) is 5.73 Å². The molecule has 0 saturated carbocycles. The summed E-state index contributed by atoms with van der Waals surface area (Å²) in [5, 5.41) is 0. The molecule has 2 N–H and O–H groups in total. The van der Waals surface area contributed by atoms with Crippen LogP contribution in [0.5, 0.6) is 5.75 Å². The third-order valence-electron chi connectivity index (χ3n) is 6.09. The van der Waals surface area contributed by atoms with Gasteiger partial charge in [-0.2, -0.15) is 0 Å². The number of carbonyl (C=O) groups is 2. The molecule has 3 aromatic rings. The number of likely N-dealkylation sites (tertiary alicyclic amines) is 1. The highest BCUT2D eigenvalue weighted by Crippen LogP contribution is 2.32. The Morgan fingerprint density at radius 1 is 1.12 bits per heavy atom. The molecular formula is C26H28N4O3. The molecule has 7 heteroatoms. The molecule has 2 aromatic carbocycles. The Kier molecular flexibility index (Phi) is 6.98. The minimum atomic E-state index is -0.478. The van der Waals surface area contributed by atoms with Crippen LogP contribution in [0.15, 0.2) is 60.9 Å². The van der Waals surface area contributed by atoms with E-state index in [9.17, 15) is 9.59 Å². The molecule has 0 bridgehead atoms. The van der Waals surface area contributed by atoms with Crippen molar-refractivity contribution in [3.8, 4) is 17.0 Å². The topological polar surface area (TPSA) is 98.4 Å². The minimum absolute atomic E-state index is 0.0876. The molecule has 1 atom stereocenters. The second-order valence-electron chi connectivity index (χ2n) is 8.26. The number of methoxy groups -OCH3 is 1. The van der Waals surface area contributed by atoms with Gasteiger partial charge < -0.3 is 15.4 Å². The number of hydrogen-bond donors (Lipinski definition) is 1. The van der Waals surface area contributed by atoms with Crippen LogP contribution >= 0.6 is 0 Å². The standard InChI is InChI=1S/C26H28N4O3/c1-33-22-10-7-18(8-11-22)9-12-23(31)30-15-3-6-21(17-30)25-24(28-13-14-29-25)19-4-2-5-20(16-19)26(27)32/h2,4-5,7-8,10-11,13-14,16,21H,3,6,9,12,15,17H2,1H3,(H2,27,32). The molecule has 7 nitrogen and oxygen atoms in total. The van der Waals surface area contributed by atoms with E-state index in [1.807, 2.05) is 35.2 Å². The van der Waals surface area contributed by atoms with E-state index >= 15 is 0 Å². The third-order valence-corrected chi connectivity index (χ3v) is 6.09. The summed E-state index contributed by atoms with van der Waals surface area (Å²) >= 11 is 0. The van der Waals surface area contributed by atoms with Crippen molar-refractivity contribution < 1.29 is 14.3 Å². The van der Waals surface area contributed by atoms with Crippen LogP contribution in [0.25, 0.3) is 11.3 Å². The van der Waals surface area contributed by atoms with Gasteiger partial charge in [0, 0.05) is 48.9 Å². The Balaban J connectivity index is 1.47. The summed E-state index contributed by atoms with van der Waals surface area (Å²) in [6.45, 7) is 1.37. The summed E-state index contributed by atoms with van der Waals surface area (Å²) in [6, 6.07) is 15.0. The predicted molar refractivity (Wildman–Crippen MR) is 126 cm³/mol. The van der Waals surface area contributed by atoms with Gasteiger partial charge in [0.2, 0.25) is 11.8 Å². The van der Waals surface area contributed by atoms with E-state index in [1.54, 1.807) is 37.7 Å². The molecule has 0 radical (unpaired) electrons. The molecule has 1 fully saturated rings. The molecule has 1 aliphatic rings. The number of piperidine rings is 1. The van der Waals surface area contributed by atoms with Crippen LogP contribution in [0.2, 0.25) is 0 Å². The van der Waals surface area contributed by atoms with Crippen LogP contribution in [0, 0.1) is 0 Å². The van der Waals surface area contributed by atoms with Gasteiger partial charge in [-0.25, -0.2) is 0 Å². The third kappa shape index (κ3) is 5.37. The number of amides is 2. The molecule has 1 unspecified atom stereocenters. The first-order valence-electron chi connectivity index (χ1n) is 11.2. The van der Waals surface area contributed by atoms with E-state index in [2.05, 4.69) is 9.97 Å². The van der Waals surface area contributed by atoms with Crippen LogP contribution in [0.3, 0.4) is 0 Å². The lowest BCUT2D eigenvalue weighted by atomic mass is 9.91. The van der Waals surface area contributed by atoms with Gasteiger partial charge >= 0.3 is 0 Å². The number of benzene rings is 2. The predicted octanol–water partition coefficient (Wildman–Crippen LogP) is 3.59. The van der Waals surface area contributed by atoms with Crippen molar-refractivity contribution in [3.63, 3.8) is 0 Å². The van der Waals surface area contributed by atoms with E-state index < -0.39 is 5.91 Å². The van der Waals surface area contributed by atoms with Crippen molar-refractivity contribution >= 4 is 11.8 Å². The van der Waals surface area contributed by atoms with Crippen LogP contribution in [-0.2, 0) is 11.2 Å². The van der Waals surface area contributed by atoms with Gasteiger partial charge in [-0.1, -0.05) is 24.3 Å². The van der Waals surface area contributed by atoms with Gasteiger partial charge in [-0.05, 0) is 49.1 Å². The fraction of sp³-hybridized carbons (Fsp3) is 0.308. The molecule has 2 amide bonds. The molecule has 0 aliphatic carbocycles. The first-order valence-corrected chi connectivity index (χ1v) is 11.2. The number of nitrogens with two attached hydrogens (primary N) is 1. The Morgan fingerprint density at radius 3 is 2.67 bits per heavy atom. The SMILES string of the molecule is COc1ccc(CCC(=O)N2CCCC(c3nccnc3-c3cccc(C(N)=O)c3)C2)cc1. The number of ether oxygens (including phenoxy) is 1. The summed E-state index contributed by atoms with van der Waals surface area (Å²) in [5.74, 6) is 0.569. The van der Waals surface area contributed by atoms with Crippen LogP contribution in [-0.4, -0.2) is 46.9 Å². The quantitative estimate of drug-likeness (QED) is 0.600. The molecule has 1 aromatic heterocycles. The second-order valence-corrected chi connectivity index (χ2v) is 8.26. The number of primary amides is 1. The van der Waals surface area contributed by atoms with Gasteiger partial charge in [0.15, 0.2) is 0 Å². The van der Waals surface area contributed by atoms with E-state index in [0.717, 1.165) is 47.7 Å². The van der Waals surface area contributed by atoms with Crippen molar-refractivity contribution in [2.45, 2.75) is 31.6 Å². The fourth-order valence-corrected chi connectivity index (χ4v) is 4.32. The first-order chi connectivity index (χ1) is 16.0. The zero-order chi connectivity index (χ0) is 23.2. The zero-order valence-electron chi connectivity index (χ0n) is 18.7. The van der Waals surface area contributed by atoms with Crippen molar-refractivity contribution in [1.29, 1.82) is 0 Å². The van der Waals surface area contributed by atoms with Crippen molar-refractivity contribution in [3.05, 3.63) is 77.7 Å². The van der Waals surface area contributed by atoms with Gasteiger partial charge in [0.1, 0.15) is 5.75 Å². The first kappa shape index (κ1) is 22.5. The fourth-order valence-electron chi connectivity index (χ4n) is 4.32. The minimum Gasteiger partial charge on any atom is -0.497 e. The Hall–Kier alpha value is -3.74. The normalized spacial score (nSPS) is 15.8. The number of aromatic nitrogens is 2. The van der Waals surface area contributed by atoms with Gasteiger partial charge in [-0.15, -0.1) is 0 Å². The van der Waals surface area contributed by atoms with E-state index in [-0.39, 0.29) is 11.8 Å². The summed E-state index contributed by atoms with van der Waals surface area (Å²) < 4.78 is 5.19. The Bertz CT molecular complexity index is 1130. The average Bonchev–Trinajstić information content (AvgIpc) is 2.87. The van der Waals surface area contributed by atoms with Gasteiger partial charge in [0.05, 0.1) is 18.5 Å². The molecule has 0 spiro atoms. The molecule has 33 heavy (non-hydrogen) atoms. The van der Waals surface area contributed by atoms with Crippen LogP contribution < -0.4 is 10.5 Å². The lowest BCUT2D eigenvalue weighted by molar-refractivity contribution is -0.132. The monoisotopic (exact) mass is 444 g/mol. The molecule has 1 aliphatic heterocycles. The summed E-state index contributed by atoms with van der Waals surface area (Å²) in [4.78, 5) is 35.7. The van der Waals surface area contributed by atoms with Gasteiger partial charge in [-0.3, -0.25) is 19.6 Å². The lowest BCUT2D eigenvalue weighted by Gasteiger charge is -2.33. The summed E-state index contributed by atoms with van der Waals surface area (Å²) in [5.41, 5.74) is 9.39. The summed E-state index contributed by atoms with van der Waals surface area (Å²) in [7, 11) is 1.64. The number of aryl methyl sites for hydroxylation is 1. The maximum absolute atomic E-state index is 13.0. The Morgan fingerprint density at radius 2 is 1.91 bits per heavy atom. The number of nitrogens with zero attached hydrogens (tertiary/aromatic N) is 3. The van der Waals surface area contributed by atoms with E-state index in [4.69, 9.17) is 10.5 Å². The largest absolute Gasteiger partial charge is 0.497 e. The van der Waals surface area contributed by atoms with Crippen LogP contribution in [0.4, 0.5) is 0 Å². The number of carbonyl (C=O) groups excluding carboxylic acids is 2. The van der Waals surface area contributed by atoms with Crippen molar-refractivity contribution in [2.75, 3.05) is 20.2 Å². The molecule has 170 valence electrons. The summed E-state index contributed by atoms with van der Waals surface area (Å²) in [6.07, 6.45) is 6.34. The lowest BCUT2D eigenvalue weighted by Crippen LogP contribution is -2.39. The number of rotatable bonds is 7. The highest BCUT2D eigenvalue weighted by atomic mass is 16.5.